The number of rotatable bonds is 5. The molecule has 7 nitrogen and oxygen atoms in total. The van der Waals surface area contributed by atoms with E-state index in [1.807, 2.05) is 0 Å². The highest BCUT2D eigenvalue weighted by Gasteiger charge is 2.18. The average Bonchev–Trinajstić information content (AvgIpc) is 3.09. The van der Waals surface area contributed by atoms with E-state index in [0.29, 0.717) is 0 Å². The van der Waals surface area contributed by atoms with E-state index in [1.165, 1.54) is 12.1 Å². The number of carbonyl (C=O) groups excluding carboxylic acids is 2. The third-order valence-corrected chi connectivity index (χ3v) is 4.11. The standard InChI is InChI=1S/C12H15N3O4S/c16-10(14-7-1-2-8-14)5-6-13-12(17)9-3-4-11(20-9)15(18)19/h3-4H,1-2,5-8H2,(H,13,17). The van der Waals surface area contributed by atoms with Crippen molar-refractivity contribution in [3.05, 3.63) is 27.1 Å². The van der Waals surface area contributed by atoms with Crippen molar-refractivity contribution in [1.82, 2.24) is 10.2 Å². The van der Waals surface area contributed by atoms with Crippen molar-refractivity contribution in [3.63, 3.8) is 0 Å². The minimum absolute atomic E-state index is 0.0416. The molecule has 0 saturated carbocycles. The van der Waals surface area contributed by atoms with Gasteiger partial charge >= 0.3 is 5.00 Å². The molecule has 1 aromatic rings. The molecule has 1 aliphatic heterocycles. The van der Waals surface area contributed by atoms with Gasteiger partial charge < -0.3 is 10.2 Å². The molecule has 0 spiro atoms. The molecule has 2 rings (SSSR count). The average molecular weight is 297 g/mol. The molecular weight excluding hydrogens is 282 g/mol. The number of thiophene rings is 1. The van der Waals surface area contributed by atoms with Crippen molar-refractivity contribution in [3.8, 4) is 0 Å². The van der Waals surface area contributed by atoms with Crippen molar-refractivity contribution in [1.29, 1.82) is 0 Å². The van der Waals surface area contributed by atoms with Gasteiger partial charge in [0.1, 0.15) is 0 Å². The Labute approximate surface area is 119 Å². The maximum absolute atomic E-state index is 11.7. The molecule has 8 heteroatoms. The van der Waals surface area contributed by atoms with Gasteiger partial charge in [0.15, 0.2) is 0 Å². The molecule has 0 bridgehead atoms. The monoisotopic (exact) mass is 297 g/mol. The van der Waals surface area contributed by atoms with Crippen LogP contribution < -0.4 is 5.32 Å². The molecular formula is C12H15N3O4S. The molecule has 2 heterocycles. The van der Waals surface area contributed by atoms with Crippen LogP contribution in [0.15, 0.2) is 12.1 Å². The highest BCUT2D eigenvalue weighted by atomic mass is 32.1. The lowest BCUT2D eigenvalue weighted by Gasteiger charge is -2.14. The summed E-state index contributed by atoms with van der Waals surface area (Å²) in [5.74, 6) is -0.336. The topological polar surface area (TPSA) is 92.6 Å². The van der Waals surface area contributed by atoms with Gasteiger partial charge in [-0.3, -0.25) is 19.7 Å². The lowest BCUT2D eigenvalue weighted by atomic mass is 10.3. The first-order valence-corrected chi connectivity index (χ1v) is 7.20. The van der Waals surface area contributed by atoms with Gasteiger partial charge in [0.25, 0.3) is 5.91 Å². The molecule has 0 aliphatic carbocycles. The molecule has 0 aromatic carbocycles. The minimum Gasteiger partial charge on any atom is -0.351 e. The summed E-state index contributed by atoms with van der Waals surface area (Å²) in [5, 5.41) is 13.1. The summed E-state index contributed by atoms with van der Waals surface area (Å²) >= 11 is 0.827. The summed E-state index contributed by atoms with van der Waals surface area (Å²) in [4.78, 5) is 35.5. The molecule has 0 radical (unpaired) electrons. The van der Waals surface area contributed by atoms with E-state index in [2.05, 4.69) is 5.32 Å². The van der Waals surface area contributed by atoms with E-state index in [0.717, 1.165) is 37.3 Å². The second-order valence-electron chi connectivity index (χ2n) is 4.49. The summed E-state index contributed by atoms with van der Waals surface area (Å²) < 4.78 is 0. The van der Waals surface area contributed by atoms with Crippen molar-refractivity contribution >= 4 is 28.2 Å². The van der Waals surface area contributed by atoms with Crippen LogP contribution >= 0.6 is 11.3 Å². The van der Waals surface area contributed by atoms with Gasteiger partial charge in [0.2, 0.25) is 5.91 Å². The fraction of sp³-hybridized carbons (Fsp3) is 0.500. The molecule has 0 unspecified atom stereocenters. The molecule has 1 aromatic heterocycles. The molecule has 108 valence electrons. The Balaban J connectivity index is 1.76. The van der Waals surface area contributed by atoms with Crippen LogP contribution in [-0.4, -0.2) is 41.3 Å². The number of hydrogen-bond donors (Lipinski definition) is 1. The van der Waals surface area contributed by atoms with Crippen LogP contribution in [0.25, 0.3) is 0 Å². The fourth-order valence-electron chi connectivity index (χ4n) is 2.04. The second kappa shape index (κ2) is 6.47. The number of nitro groups is 1. The first-order chi connectivity index (χ1) is 9.58. The first-order valence-electron chi connectivity index (χ1n) is 6.38. The number of carbonyl (C=O) groups is 2. The predicted molar refractivity (Wildman–Crippen MR) is 73.7 cm³/mol. The second-order valence-corrected chi connectivity index (χ2v) is 5.55. The van der Waals surface area contributed by atoms with Gasteiger partial charge in [-0.15, -0.1) is 0 Å². The van der Waals surface area contributed by atoms with E-state index in [9.17, 15) is 19.7 Å². The van der Waals surface area contributed by atoms with Crippen molar-refractivity contribution in [2.75, 3.05) is 19.6 Å². The Morgan fingerprint density at radius 3 is 2.65 bits per heavy atom. The van der Waals surface area contributed by atoms with Gasteiger partial charge in [0, 0.05) is 32.1 Å². The molecule has 20 heavy (non-hydrogen) atoms. The quantitative estimate of drug-likeness (QED) is 0.656. The summed E-state index contributed by atoms with van der Waals surface area (Å²) in [7, 11) is 0. The normalized spacial score (nSPS) is 14.3. The van der Waals surface area contributed by atoms with Gasteiger partial charge in [-0.05, 0) is 18.9 Å². The van der Waals surface area contributed by atoms with Gasteiger partial charge in [-0.1, -0.05) is 11.3 Å². The Morgan fingerprint density at radius 2 is 2.05 bits per heavy atom. The molecule has 2 amide bonds. The van der Waals surface area contributed by atoms with E-state index < -0.39 is 4.92 Å². The van der Waals surface area contributed by atoms with Crippen LogP contribution in [-0.2, 0) is 4.79 Å². The maximum Gasteiger partial charge on any atom is 0.324 e. The van der Waals surface area contributed by atoms with E-state index in [-0.39, 0.29) is 34.7 Å². The number of nitrogens with one attached hydrogen (secondary N) is 1. The lowest BCUT2D eigenvalue weighted by molar-refractivity contribution is -0.380. The van der Waals surface area contributed by atoms with Crippen molar-refractivity contribution in [2.45, 2.75) is 19.3 Å². The van der Waals surface area contributed by atoms with Gasteiger partial charge in [0.05, 0.1) is 9.80 Å². The third kappa shape index (κ3) is 3.53. The van der Waals surface area contributed by atoms with Crippen LogP contribution in [0.4, 0.5) is 5.00 Å². The Kier molecular flexibility index (Phi) is 4.67. The van der Waals surface area contributed by atoms with E-state index >= 15 is 0 Å². The number of hydrogen-bond acceptors (Lipinski definition) is 5. The lowest BCUT2D eigenvalue weighted by Crippen LogP contribution is -2.32. The molecule has 1 saturated heterocycles. The zero-order valence-corrected chi connectivity index (χ0v) is 11.6. The number of amides is 2. The summed E-state index contributed by atoms with van der Waals surface area (Å²) in [6.45, 7) is 1.84. The van der Waals surface area contributed by atoms with Crippen LogP contribution in [0.1, 0.15) is 28.9 Å². The van der Waals surface area contributed by atoms with Crippen LogP contribution in [0.2, 0.25) is 0 Å². The van der Waals surface area contributed by atoms with E-state index in [4.69, 9.17) is 0 Å². The zero-order chi connectivity index (χ0) is 14.5. The molecule has 1 N–H and O–H groups in total. The summed E-state index contributed by atoms with van der Waals surface area (Å²) in [6, 6.07) is 2.72. The summed E-state index contributed by atoms with van der Waals surface area (Å²) in [5.41, 5.74) is 0. The van der Waals surface area contributed by atoms with Crippen LogP contribution in [0, 0.1) is 10.1 Å². The summed E-state index contributed by atoms with van der Waals surface area (Å²) in [6.07, 6.45) is 2.34. The highest BCUT2D eigenvalue weighted by Crippen LogP contribution is 2.23. The smallest absolute Gasteiger partial charge is 0.324 e. The third-order valence-electron chi connectivity index (χ3n) is 3.08. The SMILES string of the molecule is O=C(NCCC(=O)N1CCCC1)c1ccc([N+](=O)[O-])s1. The number of nitrogens with zero attached hydrogens (tertiary/aromatic N) is 2. The number of likely N-dealkylation sites (tertiary alicyclic amines) is 1. The molecule has 1 fully saturated rings. The molecule has 0 atom stereocenters. The van der Waals surface area contributed by atoms with Gasteiger partial charge in [-0.25, -0.2) is 0 Å². The Hall–Kier alpha value is -1.96. The maximum atomic E-state index is 11.7. The first kappa shape index (κ1) is 14.4. The zero-order valence-electron chi connectivity index (χ0n) is 10.8. The van der Waals surface area contributed by atoms with Gasteiger partial charge in [-0.2, -0.15) is 0 Å². The largest absolute Gasteiger partial charge is 0.351 e. The van der Waals surface area contributed by atoms with Crippen molar-refractivity contribution < 1.29 is 14.5 Å². The van der Waals surface area contributed by atoms with Crippen LogP contribution in [0.5, 0.6) is 0 Å². The molecule has 1 aliphatic rings. The van der Waals surface area contributed by atoms with Crippen LogP contribution in [0.3, 0.4) is 0 Å². The highest BCUT2D eigenvalue weighted by molar-refractivity contribution is 7.17. The van der Waals surface area contributed by atoms with E-state index in [1.54, 1.807) is 4.90 Å². The Bertz CT molecular complexity index is 523. The Morgan fingerprint density at radius 1 is 1.35 bits per heavy atom. The fourth-order valence-corrected chi connectivity index (χ4v) is 2.78. The predicted octanol–water partition coefficient (Wildman–Crippen LogP) is 1.40. The minimum atomic E-state index is -0.529. The van der Waals surface area contributed by atoms with Crippen molar-refractivity contribution in [2.24, 2.45) is 0 Å².